The molecule has 1 N–H and O–H groups in total. The summed E-state index contributed by atoms with van der Waals surface area (Å²) in [6, 6.07) is 13.6. The van der Waals surface area contributed by atoms with Crippen LogP contribution in [0.4, 0.5) is 5.69 Å². The summed E-state index contributed by atoms with van der Waals surface area (Å²) >= 11 is 0. The molecule has 1 atom stereocenters. The Morgan fingerprint density at radius 3 is 2.55 bits per heavy atom. The van der Waals surface area contributed by atoms with Gasteiger partial charge in [-0.25, -0.2) is 4.52 Å². The van der Waals surface area contributed by atoms with Crippen molar-refractivity contribution in [3.05, 3.63) is 54.4 Å². The summed E-state index contributed by atoms with van der Waals surface area (Å²) in [6.07, 6.45) is 9.46. The zero-order valence-corrected chi connectivity index (χ0v) is 18.6. The zero-order chi connectivity index (χ0) is 20.8. The van der Waals surface area contributed by atoms with Crippen LogP contribution in [0.25, 0.3) is 16.6 Å². The molecule has 0 unspecified atom stereocenters. The van der Waals surface area contributed by atoms with Gasteiger partial charge in [-0.15, -0.1) is 0 Å². The van der Waals surface area contributed by atoms with E-state index in [9.17, 15) is 0 Å². The molecular formula is C26H33N5. The predicted molar refractivity (Wildman–Crippen MR) is 127 cm³/mol. The average Bonchev–Trinajstić information content (AvgIpc) is 3.32. The van der Waals surface area contributed by atoms with Crippen LogP contribution in [-0.4, -0.2) is 53.8 Å². The van der Waals surface area contributed by atoms with E-state index >= 15 is 0 Å². The maximum absolute atomic E-state index is 4.61. The SMILES string of the molecule is C[C@]1(c2ccc(-c3cc4c(N5CCN(CC6CC6)CC5)ccnn4c3)cc2)CCCN1. The van der Waals surface area contributed by atoms with Crippen molar-refractivity contribution in [1.29, 1.82) is 0 Å². The molecule has 0 bridgehead atoms. The van der Waals surface area contributed by atoms with E-state index in [2.05, 4.69) is 74.2 Å². The Hall–Kier alpha value is -2.37. The van der Waals surface area contributed by atoms with Crippen LogP contribution in [0.15, 0.2) is 48.8 Å². The second kappa shape index (κ2) is 7.64. The normalized spacial score (nSPS) is 24.9. The van der Waals surface area contributed by atoms with Crippen LogP contribution in [0.1, 0.15) is 38.2 Å². The molecule has 3 aliphatic rings. The van der Waals surface area contributed by atoms with Crippen LogP contribution in [0.3, 0.4) is 0 Å². The number of anilines is 1. The largest absolute Gasteiger partial charge is 0.367 e. The van der Waals surface area contributed by atoms with Crippen LogP contribution in [0, 0.1) is 5.92 Å². The number of hydrogen-bond donors (Lipinski definition) is 1. The van der Waals surface area contributed by atoms with Gasteiger partial charge in [0.2, 0.25) is 0 Å². The summed E-state index contributed by atoms with van der Waals surface area (Å²) in [4.78, 5) is 5.19. The van der Waals surface area contributed by atoms with Crippen molar-refractivity contribution >= 4 is 11.2 Å². The Balaban J connectivity index is 1.23. The van der Waals surface area contributed by atoms with Crippen molar-refractivity contribution in [2.75, 3.05) is 44.2 Å². The molecule has 3 aromatic rings. The van der Waals surface area contributed by atoms with E-state index in [1.165, 1.54) is 73.2 Å². The molecule has 5 heteroatoms. The van der Waals surface area contributed by atoms with Gasteiger partial charge in [-0.2, -0.15) is 5.10 Å². The van der Waals surface area contributed by atoms with E-state index in [-0.39, 0.29) is 5.54 Å². The van der Waals surface area contributed by atoms with Crippen LogP contribution in [-0.2, 0) is 5.54 Å². The Labute approximate surface area is 185 Å². The third kappa shape index (κ3) is 3.74. The zero-order valence-electron chi connectivity index (χ0n) is 18.6. The number of nitrogens with zero attached hydrogens (tertiary/aromatic N) is 4. The molecule has 2 aliphatic heterocycles. The van der Waals surface area contributed by atoms with Gasteiger partial charge in [-0.3, -0.25) is 4.90 Å². The maximum atomic E-state index is 4.61. The minimum absolute atomic E-state index is 0.125. The molecule has 1 aliphatic carbocycles. The highest BCUT2D eigenvalue weighted by atomic mass is 15.3. The molecule has 0 amide bonds. The molecule has 1 aromatic carbocycles. The number of aromatic nitrogens is 2. The van der Waals surface area contributed by atoms with Crippen LogP contribution in [0.2, 0.25) is 0 Å². The van der Waals surface area contributed by atoms with Crippen LogP contribution >= 0.6 is 0 Å². The summed E-state index contributed by atoms with van der Waals surface area (Å²) in [5.41, 5.74) is 6.54. The quantitative estimate of drug-likeness (QED) is 0.680. The first kappa shape index (κ1) is 19.3. The summed E-state index contributed by atoms with van der Waals surface area (Å²) < 4.78 is 2.05. The number of rotatable bonds is 5. The van der Waals surface area contributed by atoms with Crippen LogP contribution in [0.5, 0.6) is 0 Å². The van der Waals surface area contributed by atoms with Gasteiger partial charge in [0.15, 0.2) is 0 Å². The molecule has 1 saturated carbocycles. The van der Waals surface area contributed by atoms with Gasteiger partial charge in [-0.1, -0.05) is 24.3 Å². The first-order valence-corrected chi connectivity index (χ1v) is 12.0. The van der Waals surface area contributed by atoms with E-state index < -0.39 is 0 Å². The van der Waals surface area contributed by atoms with Crippen molar-refractivity contribution in [3.63, 3.8) is 0 Å². The number of benzene rings is 1. The first-order chi connectivity index (χ1) is 15.2. The van der Waals surface area contributed by atoms with Gasteiger partial charge in [0, 0.05) is 56.2 Å². The fraction of sp³-hybridized carbons (Fsp3) is 0.500. The van der Waals surface area contributed by atoms with Crippen molar-refractivity contribution < 1.29 is 0 Å². The van der Waals surface area contributed by atoms with E-state index in [1.807, 2.05) is 6.20 Å². The third-order valence-electron chi connectivity index (χ3n) is 7.64. The number of hydrogen-bond acceptors (Lipinski definition) is 4. The van der Waals surface area contributed by atoms with Gasteiger partial charge in [-0.05, 0) is 68.3 Å². The van der Waals surface area contributed by atoms with E-state index in [0.717, 1.165) is 25.6 Å². The lowest BCUT2D eigenvalue weighted by atomic mass is 9.89. The summed E-state index contributed by atoms with van der Waals surface area (Å²) in [7, 11) is 0. The smallest absolute Gasteiger partial charge is 0.0886 e. The number of nitrogens with one attached hydrogen (secondary N) is 1. The maximum Gasteiger partial charge on any atom is 0.0886 e. The second-order valence-electron chi connectivity index (χ2n) is 9.95. The summed E-state index contributed by atoms with van der Waals surface area (Å²) in [5.74, 6) is 0.978. The molecule has 5 nitrogen and oxygen atoms in total. The number of piperazine rings is 1. The molecule has 31 heavy (non-hydrogen) atoms. The van der Waals surface area contributed by atoms with Gasteiger partial charge in [0.1, 0.15) is 0 Å². The molecule has 0 spiro atoms. The average molecular weight is 416 g/mol. The molecular weight excluding hydrogens is 382 g/mol. The highest BCUT2D eigenvalue weighted by Gasteiger charge is 2.30. The fourth-order valence-electron chi connectivity index (χ4n) is 5.43. The Kier molecular flexibility index (Phi) is 4.77. The molecule has 2 aromatic heterocycles. The van der Waals surface area contributed by atoms with Crippen molar-refractivity contribution in [2.24, 2.45) is 5.92 Å². The van der Waals surface area contributed by atoms with Crippen molar-refractivity contribution in [1.82, 2.24) is 19.8 Å². The topological polar surface area (TPSA) is 35.8 Å². The monoisotopic (exact) mass is 415 g/mol. The van der Waals surface area contributed by atoms with E-state index in [4.69, 9.17) is 0 Å². The highest BCUT2D eigenvalue weighted by molar-refractivity contribution is 5.80. The minimum Gasteiger partial charge on any atom is -0.367 e. The molecule has 6 rings (SSSR count). The van der Waals surface area contributed by atoms with Gasteiger partial charge < -0.3 is 10.2 Å². The van der Waals surface area contributed by atoms with Crippen LogP contribution < -0.4 is 10.2 Å². The highest BCUT2D eigenvalue weighted by Crippen LogP contribution is 2.34. The standard InChI is InChI=1S/C26H33N5/c1-26(10-2-11-27-26)23-7-5-21(6-8-23)22-17-25-24(9-12-28-31(25)19-22)30-15-13-29(14-16-30)18-20-3-4-20/h5-9,12,17,19-20,27H,2-4,10-11,13-16,18H2,1H3/t26-/m1/s1. The third-order valence-corrected chi connectivity index (χ3v) is 7.64. The molecule has 2 saturated heterocycles. The number of fused-ring (bicyclic) bond motifs is 1. The summed E-state index contributed by atoms with van der Waals surface area (Å²) in [5, 5.41) is 8.27. The van der Waals surface area contributed by atoms with E-state index in [1.54, 1.807) is 0 Å². The van der Waals surface area contributed by atoms with Gasteiger partial charge in [0.05, 0.1) is 11.2 Å². The molecule has 162 valence electrons. The van der Waals surface area contributed by atoms with E-state index in [0.29, 0.717) is 0 Å². The van der Waals surface area contributed by atoms with Crippen molar-refractivity contribution in [3.8, 4) is 11.1 Å². The molecule has 3 fully saturated rings. The lowest BCUT2D eigenvalue weighted by Gasteiger charge is -2.36. The van der Waals surface area contributed by atoms with Crippen molar-refractivity contribution in [2.45, 2.75) is 38.1 Å². The Morgan fingerprint density at radius 2 is 1.84 bits per heavy atom. The first-order valence-electron chi connectivity index (χ1n) is 12.0. The molecule has 4 heterocycles. The van der Waals surface area contributed by atoms with Gasteiger partial charge in [0.25, 0.3) is 0 Å². The second-order valence-corrected chi connectivity index (χ2v) is 9.95. The fourth-order valence-corrected chi connectivity index (χ4v) is 5.43. The lowest BCUT2D eigenvalue weighted by molar-refractivity contribution is 0.248. The minimum atomic E-state index is 0.125. The lowest BCUT2D eigenvalue weighted by Crippen LogP contribution is -2.47. The Bertz CT molecular complexity index is 1050. The van der Waals surface area contributed by atoms with Gasteiger partial charge >= 0.3 is 0 Å². The Morgan fingerprint density at radius 1 is 1.03 bits per heavy atom. The summed E-state index contributed by atoms with van der Waals surface area (Å²) in [6.45, 7) is 9.30. The predicted octanol–water partition coefficient (Wildman–Crippen LogP) is 4.13. The molecule has 0 radical (unpaired) electrons.